The van der Waals surface area contributed by atoms with E-state index in [0.29, 0.717) is 6.04 Å². The first-order chi connectivity index (χ1) is 9.70. The second-order valence-electron chi connectivity index (χ2n) is 6.03. The molecule has 0 saturated carbocycles. The summed E-state index contributed by atoms with van der Waals surface area (Å²) in [5, 5.41) is 3.51. The molecule has 0 bridgehead atoms. The van der Waals surface area contributed by atoms with Crippen LogP contribution in [0.4, 0.5) is 0 Å². The molecule has 4 nitrogen and oxygen atoms in total. The molecule has 1 N–H and O–H groups in total. The van der Waals surface area contributed by atoms with Crippen LogP contribution < -0.4 is 5.32 Å². The Morgan fingerprint density at radius 2 is 1.90 bits per heavy atom. The van der Waals surface area contributed by atoms with Crippen molar-refractivity contribution in [2.45, 2.75) is 51.1 Å². The Morgan fingerprint density at radius 3 is 2.50 bits per heavy atom. The van der Waals surface area contributed by atoms with Crippen LogP contribution in [0.3, 0.4) is 0 Å². The van der Waals surface area contributed by atoms with Gasteiger partial charge in [0.15, 0.2) is 0 Å². The van der Waals surface area contributed by atoms with E-state index < -0.39 is 0 Å². The SMILES string of the molecule is C#CCN1CCC(NC(C)C(=O)N2CCCCC2)CC1. The first kappa shape index (κ1) is 15.3. The molecular formula is C16H27N3O. The number of hydrogen-bond donors (Lipinski definition) is 1. The lowest BCUT2D eigenvalue weighted by Crippen LogP contribution is -2.52. The van der Waals surface area contributed by atoms with Gasteiger partial charge in [0.05, 0.1) is 12.6 Å². The van der Waals surface area contributed by atoms with Crippen LogP contribution in [0.5, 0.6) is 0 Å². The van der Waals surface area contributed by atoms with Crippen LogP contribution in [0, 0.1) is 12.3 Å². The average molecular weight is 277 g/mol. The van der Waals surface area contributed by atoms with Gasteiger partial charge in [0, 0.05) is 32.2 Å². The van der Waals surface area contributed by atoms with E-state index in [1.165, 1.54) is 6.42 Å². The highest BCUT2D eigenvalue weighted by Gasteiger charge is 2.26. The number of carbonyl (C=O) groups is 1. The first-order valence-electron chi connectivity index (χ1n) is 7.91. The maximum Gasteiger partial charge on any atom is 0.239 e. The van der Waals surface area contributed by atoms with Gasteiger partial charge in [0.2, 0.25) is 5.91 Å². The Balaban J connectivity index is 1.73. The van der Waals surface area contributed by atoms with Crippen molar-refractivity contribution in [2.24, 2.45) is 0 Å². The highest BCUT2D eigenvalue weighted by molar-refractivity contribution is 5.81. The Kier molecular flexibility index (Phi) is 5.87. The normalized spacial score (nSPS) is 23.3. The highest BCUT2D eigenvalue weighted by atomic mass is 16.2. The number of likely N-dealkylation sites (tertiary alicyclic amines) is 2. The van der Waals surface area contributed by atoms with Crippen molar-refractivity contribution in [3.63, 3.8) is 0 Å². The standard InChI is InChI=1S/C16H27N3O/c1-3-9-18-12-7-15(8-13-18)17-14(2)16(20)19-10-5-4-6-11-19/h1,14-15,17H,4-13H2,2H3. The smallest absolute Gasteiger partial charge is 0.239 e. The van der Waals surface area contributed by atoms with Crippen LogP contribution in [0.2, 0.25) is 0 Å². The number of terminal acetylenes is 1. The monoisotopic (exact) mass is 277 g/mol. The molecule has 2 rings (SSSR count). The van der Waals surface area contributed by atoms with Gasteiger partial charge in [-0.05, 0) is 39.0 Å². The van der Waals surface area contributed by atoms with E-state index in [1.54, 1.807) is 0 Å². The van der Waals surface area contributed by atoms with Crippen molar-refractivity contribution < 1.29 is 4.79 Å². The first-order valence-corrected chi connectivity index (χ1v) is 7.91. The van der Waals surface area contributed by atoms with Crippen LogP contribution in [-0.4, -0.2) is 60.5 Å². The minimum absolute atomic E-state index is 0.0581. The van der Waals surface area contributed by atoms with Gasteiger partial charge in [-0.15, -0.1) is 6.42 Å². The van der Waals surface area contributed by atoms with Crippen molar-refractivity contribution in [1.29, 1.82) is 0 Å². The van der Waals surface area contributed by atoms with Gasteiger partial charge in [0.1, 0.15) is 0 Å². The minimum atomic E-state index is -0.0581. The number of nitrogens with one attached hydrogen (secondary N) is 1. The van der Waals surface area contributed by atoms with E-state index in [4.69, 9.17) is 6.42 Å². The summed E-state index contributed by atoms with van der Waals surface area (Å²) in [5.41, 5.74) is 0. The van der Waals surface area contributed by atoms with Crippen LogP contribution in [-0.2, 0) is 4.79 Å². The van der Waals surface area contributed by atoms with Crippen molar-refractivity contribution in [3.8, 4) is 12.3 Å². The van der Waals surface area contributed by atoms with Crippen molar-refractivity contribution in [3.05, 3.63) is 0 Å². The van der Waals surface area contributed by atoms with E-state index in [1.807, 2.05) is 11.8 Å². The topological polar surface area (TPSA) is 35.6 Å². The molecule has 2 aliphatic rings. The quantitative estimate of drug-likeness (QED) is 0.781. The summed E-state index contributed by atoms with van der Waals surface area (Å²) in [7, 11) is 0. The van der Waals surface area contributed by atoms with Gasteiger partial charge < -0.3 is 10.2 Å². The maximum absolute atomic E-state index is 12.4. The molecule has 0 aliphatic carbocycles. The van der Waals surface area contributed by atoms with Crippen molar-refractivity contribution >= 4 is 5.91 Å². The summed E-state index contributed by atoms with van der Waals surface area (Å²) in [4.78, 5) is 16.7. The molecule has 2 aliphatic heterocycles. The average Bonchev–Trinajstić information content (AvgIpc) is 2.49. The van der Waals surface area contributed by atoms with Crippen LogP contribution >= 0.6 is 0 Å². The number of carbonyl (C=O) groups excluding carboxylic acids is 1. The summed E-state index contributed by atoms with van der Waals surface area (Å²) >= 11 is 0. The lowest BCUT2D eigenvalue weighted by atomic mass is 10.0. The molecule has 1 atom stereocenters. The second-order valence-corrected chi connectivity index (χ2v) is 6.03. The number of hydrogen-bond acceptors (Lipinski definition) is 3. The Morgan fingerprint density at radius 1 is 1.25 bits per heavy atom. The van der Waals surface area contributed by atoms with Crippen LogP contribution in [0.25, 0.3) is 0 Å². The molecule has 0 aromatic heterocycles. The lowest BCUT2D eigenvalue weighted by Gasteiger charge is -2.34. The third-order valence-corrected chi connectivity index (χ3v) is 4.43. The number of amides is 1. The van der Waals surface area contributed by atoms with Crippen LogP contribution in [0.15, 0.2) is 0 Å². The summed E-state index contributed by atoms with van der Waals surface area (Å²) < 4.78 is 0. The molecule has 2 saturated heterocycles. The highest BCUT2D eigenvalue weighted by Crippen LogP contribution is 2.13. The third kappa shape index (κ3) is 4.22. The molecule has 2 fully saturated rings. The summed E-state index contributed by atoms with van der Waals surface area (Å²) in [6, 6.07) is 0.394. The molecule has 1 unspecified atom stereocenters. The maximum atomic E-state index is 12.4. The van der Waals surface area contributed by atoms with Gasteiger partial charge in [-0.2, -0.15) is 0 Å². The predicted molar refractivity (Wildman–Crippen MR) is 81.3 cm³/mol. The third-order valence-electron chi connectivity index (χ3n) is 4.43. The van der Waals surface area contributed by atoms with E-state index in [0.717, 1.165) is 58.4 Å². The minimum Gasteiger partial charge on any atom is -0.341 e. The zero-order valence-electron chi connectivity index (χ0n) is 12.6. The fraction of sp³-hybridized carbons (Fsp3) is 0.812. The molecule has 0 aromatic carbocycles. The van der Waals surface area contributed by atoms with Gasteiger partial charge >= 0.3 is 0 Å². The Hall–Kier alpha value is -1.05. The molecule has 20 heavy (non-hydrogen) atoms. The van der Waals surface area contributed by atoms with Crippen LogP contribution in [0.1, 0.15) is 39.0 Å². The number of piperidine rings is 2. The molecule has 2 heterocycles. The largest absolute Gasteiger partial charge is 0.341 e. The summed E-state index contributed by atoms with van der Waals surface area (Å²) in [5.74, 6) is 2.97. The summed E-state index contributed by atoms with van der Waals surface area (Å²) in [6.45, 7) is 6.69. The molecule has 112 valence electrons. The van der Waals surface area contributed by atoms with E-state index in [9.17, 15) is 4.79 Å². The molecule has 0 radical (unpaired) electrons. The van der Waals surface area contributed by atoms with Gasteiger partial charge in [0.25, 0.3) is 0 Å². The molecular weight excluding hydrogens is 250 g/mol. The number of nitrogens with zero attached hydrogens (tertiary/aromatic N) is 2. The van der Waals surface area contributed by atoms with Gasteiger partial charge in [-0.25, -0.2) is 0 Å². The molecule has 1 amide bonds. The fourth-order valence-corrected chi connectivity index (χ4v) is 3.20. The predicted octanol–water partition coefficient (Wildman–Crippen LogP) is 1.07. The van der Waals surface area contributed by atoms with Gasteiger partial charge in [-0.3, -0.25) is 9.69 Å². The van der Waals surface area contributed by atoms with Crippen molar-refractivity contribution in [2.75, 3.05) is 32.7 Å². The van der Waals surface area contributed by atoms with Crippen molar-refractivity contribution in [1.82, 2.24) is 15.1 Å². The zero-order chi connectivity index (χ0) is 14.4. The summed E-state index contributed by atoms with van der Waals surface area (Å²) in [6.07, 6.45) is 11.1. The molecule has 4 heteroatoms. The van der Waals surface area contributed by atoms with E-state index in [2.05, 4.69) is 16.1 Å². The second kappa shape index (κ2) is 7.66. The Bertz CT molecular complexity index is 349. The van der Waals surface area contributed by atoms with E-state index >= 15 is 0 Å². The zero-order valence-corrected chi connectivity index (χ0v) is 12.6. The fourth-order valence-electron chi connectivity index (χ4n) is 3.20. The molecule has 0 aromatic rings. The molecule has 0 spiro atoms. The number of rotatable bonds is 4. The Labute approximate surface area is 122 Å². The van der Waals surface area contributed by atoms with E-state index in [-0.39, 0.29) is 11.9 Å². The lowest BCUT2D eigenvalue weighted by molar-refractivity contribution is -0.134. The van der Waals surface area contributed by atoms with Gasteiger partial charge in [-0.1, -0.05) is 5.92 Å².